The Bertz CT molecular complexity index is 1410. The molecule has 1 fully saturated rings. The molecule has 0 bridgehead atoms. The number of halogens is 1. The van der Waals surface area contributed by atoms with E-state index in [1.807, 2.05) is 24.3 Å². The SMILES string of the molecule is [C-]#[N+]c1ccc(-c2cc(C(=O)N3CCC[C@@H](N)C3)sc2-c2ccc3ncncc3c2)cc1F. The summed E-state index contributed by atoms with van der Waals surface area (Å²) in [5, 5.41) is 0.874. The zero-order chi connectivity index (χ0) is 22.9. The largest absolute Gasteiger partial charge is 0.336 e. The van der Waals surface area contributed by atoms with Crippen LogP contribution >= 0.6 is 11.3 Å². The second-order valence-corrected chi connectivity index (χ2v) is 9.13. The van der Waals surface area contributed by atoms with E-state index in [9.17, 15) is 9.18 Å². The molecule has 0 aliphatic carbocycles. The first-order valence-electron chi connectivity index (χ1n) is 10.6. The van der Waals surface area contributed by atoms with Crippen molar-refractivity contribution >= 4 is 33.8 Å². The van der Waals surface area contributed by atoms with Gasteiger partial charge in [0.2, 0.25) is 5.69 Å². The lowest BCUT2D eigenvalue weighted by molar-refractivity contribution is 0.0714. The third kappa shape index (κ3) is 4.09. The van der Waals surface area contributed by atoms with E-state index in [0.717, 1.165) is 39.7 Å². The van der Waals surface area contributed by atoms with Crippen LogP contribution in [0.4, 0.5) is 10.1 Å². The summed E-state index contributed by atoms with van der Waals surface area (Å²) < 4.78 is 14.5. The Morgan fingerprint density at radius 2 is 2.06 bits per heavy atom. The number of carbonyl (C=O) groups is 1. The van der Waals surface area contributed by atoms with E-state index in [1.54, 1.807) is 17.2 Å². The highest BCUT2D eigenvalue weighted by Crippen LogP contribution is 2.41. The van der Waals surface area contributed by atoms with Crippen LogP contribution < -0.4 is 5.73 Å². The maximum atomic E-state index is 14.5. The highest BCUT2D eigenvalue weighted by Gasteiger charge is 2.25. The summed E-state index contributed by atoms with van der Waals surface area (Å²) in [6, 6.07) is 12.2. The zero-order valence-electron chi connectivity index (χ0n) is 17.7. The van der Waals surface area contributed by atoms with E-state index >= 15 is 0 Å². The number of benzene rings is 2. The molecule has 0 spiro atoms. The number of rotatable bonds is 3. The number of aromatic nitrogens is 2. The monoisotopic (exact) mass is 457 g/mol. The molecule has 0 saturated carbocycles. The molecule has 5 rings (SSSR count). The van der Waals surface area contributed by atoms with E-state index in [0.29, 0.717) is 23.5 Å². The van der Waals surface area contributed by atoms with Crippen LogP contribution in [0.1, 0.15) is 22.5 Å². The van der Waals surface area contributed by atoms with Gasteiger partial charge in [-0.3, -0.25) is 4.79 Å². The third-order valence-electron chi connectivity index (χ3n) is 5.83. The number of hydrogen-bond acceptors (Lipinski definition) is 5. The summed E-state index contributed by atoms with van der Waals surface area (Å²) in [4.78, 5) is 28.1. The molecule has 33 heavy (non-hydrogen) atoms. The maximum Gasteiger partial charge on any atom is 0.264 e. The number of carbonyl (C=O) groups excluding carboxylic acids is 1. The number of nitrogens with zero attached hydrogens (tertiary/aromatic N) is 4. The Labute approximate surface area is 194 Å². The molecule has 1 saturated heterocycles. The first kappa shape index (κ1) is 21.2. The van der Waals surface area contributed by atoms with E-state index in [1.165, 1.54) is 29.8 Å². The average molecular weight is 458 g/mol. The summed E-state index contributed by atoms with van der Waals surface area (Å²) in [5.74, 6) is -0.647. The van der Waals surface area contributed by atoms with Gasteiger partial charge in [-0.15, -0.1) is 11.3 Å². The Kier molecular flexibility index (Phi) is 5.58. The first-order chi connectivity index (χ1) is 16.0. The van der Waals surface area contributed by atoms with Crippen molar-refractivity contribution in [3.05, 3.63) is 77.1 Å². The van der Waals surface area contributed by atoms with Crippen molar-refractivity contribution in [2.24, 2.45) is 5.73 Å². The molecule has 1 aliphatic rings. The van der Waals surface area contributed by atoms with E-state index < -0.39 is 5.82 Å². The van der Waals surface area contributed by atoms with Crippen LogP contribution in [-0.4, -0.2) is 39.9 Å². The fourth-order valence-corrected chi connectivity index (χ4v) is 5.31. The number of piperidine rings is 1. The average Bonchev–Trinajstić information content (AvgIpc) is 3.29. The van der Waals surface area contributed by atoms with Crippen molar-refractivity contribution in [3.8, 4) is 21.6 Å². The number of hydrogen-bond donors (Lipinski definition) is 1. The first-order valence-corrected chi connectivity index (χ1v) is 11.4. The molecule has 2 N–H and O–H groups in total. The normalized spacial score (nSPS) is 16.0. The van der Waals surface area contributed by atoms with Crippen molar-refractivity contribution < 1.29 is 9.18 Å². The van der Waals surface area contributed by atoms with Gasteiger partial charge in [-0.1, -0.05) is 18.2 Å². The van der Waals surface area contributed by atoms with E-state index in [2.05, 4.69) is 14.8 Å². The molecule has 4 aromatic rings. The number of amides is 1. The molecule has 2 aromatic carbocycles. The van der Waals surface area contributed by atoms with Gasteiger partial charge in [0.05, 0.1) is 17.0 Å². The highest BCUT2D eigenvalue weighted by molar-refractivity contribution is 7.18. The summed E-state index contributed by atoms with van der Waals surface area (Å²) >= 11 is 1.38. The lowest BCUT2D eigenvalue weighted by Crippen LogP contribution is -2.45. The molecule has 8 heteroatoms. The number of nitrogens with two attached hydrogens (primary N) is 1. The van der Waals surface area contributed by atoms with Gasteiger partial charge in [-0.25, -0.2) is 19.2 Å². The van der Waals surface area contributed by atoms with Gasteiger partial charge in [-0.2, -0.15) is 0 Å². The fourth-order valence-electron chi connectivity index (χ4n) is 4.17. The van der Waals surface area contributed by atoms with Gasteiger partial charge in [0, 0.05) is 41.2 Å². The molecule has 2 aromatic heterocycles. The van der Waals surface area contributed by atoms with Gasteiger partial charge in [-0.05, 0) is 48.2 Å². The van der Waals surface area contributed by atoms with Crippen molar-refractivity contribution in [2.75, 3.05) is 13.1 Å². The highest BCUT2D eigenvalue weighted by atomic mass is 32.1. The van der Waals surface area contributed by atoms with Gasteiger partial charge in [0.25, 0.3) is 5.91 Å². The molecular formula is C25H20FN5OS. The number of fused-ring (bicyclic) bond motifs is 1. The molecule has 0 unspecified atom stereocenters. The maximum absolute atomic E-state index is 14.5. The lowest BCUT2D eigenvalue weighted by atomic mass is 10.0. The lowest BCUT2D eigenvalue weighted by Gasteiger charge is -2.30. The Morgan fingerprint density at radius 1 is 1.21 bits per heavy atom. The van der Waals surface area contributed by atoms with Crippen molar-refractivity contribution in [3.63, 3.8) is 0 Å². The molecule has 3 heterocycles. The van der Waals surface area contributed by atoms with Gasteiger partial charge in [0.1, 0.15) is 12.1 Å². The minimum atomic E-state index is -0.582. The van der Waals surface area contributed by atoms with Crippen molar-refractivity contribution in [1.82, 2.24) is 14.9 Å². The minimum absolute atomic E-state index is 0.0163. The number of likely N-dealkylation sites (tertiary alicyclic amines) is 1. The van der Waals surface area contributed by atoms with Crippen LogP contribution in [0, 0.1) is 12.4 Å². The van der Waals surface area contributed by atoms with Crippen molar-refractivity contribution in [1.29, 1.82) is 0 Å². The van der Waals surface area contributed by atoms with Gasteiger partial charge >= 0.3 is 0 Å². The van der Waals surface area contributed by atoms with Crippen LogP contribution in [0.3, 0.4) is 0 Å². The molecule has 1 aliphatic heterocycles. The van der Waals surface area contributed by atoms with Gasteiger partial charge < -0.3 is 10.6 Å². The molecule has 164 valence electrons. The summed E-state index contributed by atoms with van der Waals surface area (Å²) in [5.41, 5.74) is 9.13. The molecule has 0 radical (unpaired) electrons. The van der Waals surface area contributed by atoms with E-state index in [-0.39, 0.29) is 17.6 Å². The molecule has 6 nitrogen and oxygen atoms in total. The molecule has 1 amide bonds. The van der Waals surface area contributed by atoms with Crippen LogP contribution in [0.25, 0.3) is 37.3 Å². The second-order valence-electron chi connectivity index (χ2n) is 8.08. The summed E-state index contributed by atoms with van der Waals surface area (Å²) in [6.45, 7) is 8.33. The Morgan fingerprint density at radius 3 is 2.85 bits per heavy atom. The van der Waals surface area contributed by atoms with E-state index in [4.69, 9.17) is 12.3 Å². The quantitative estimate of drug-likeness (QED) is 0.425. The Balaban J connectivity index is 1.63. The standard InChI is InChI=1S/C25H20FN5OS/c1-28-22-7-4-15(10-20(22)26)19-11-23(25(32)31-8-2-3-18(27)13-31)33-24(19)16-5-6-21-17(9-16)12-29-14-30-21/h4-7,9-12,14,18H,2-3,8,13,27H2/t18-/m1/s1. The van der Waals surface area contributed by atoms with Crippen LogP contribution in [0.15, 0.2) is 55.0 Å². The van der Waals surface area contributed by atoms with Crippen molar-refractivity contribution in [2.45, 2.75) is 18.9 Å². The Hall–Kier alpha value is -3.67. The zero-order valence-corrected chi connectivity index (χ0v) is 18.5. The van der Waals surface area contributed by atoms with Crippen LogP contribution in [-0.2, 0) is 0 Å². The van der Waals surface area contributed by atoms with Gasteiger partial charge in [0.15, 0.2) is 0 Å². The van der Waals surface area contributed by atoms with Crippen LogP contribution in [0.2, 0.25) is 0 Å². The minimum Gasteiger partial charge on any atom is -0.336 e. The second kappa shape index (κ2) is 8.70. The fraction of sp³-hybridized carbons (Fsp3) is 0.200. The summed E-state index contributed by atoms with van der Waals surface area (Å²) in [7, 11) is 0. The third-order valence-corrected chi connectivity index (χ3v) is 7.01. The molecular weight excluding hydrogens is 437 g/mol. The predicted molar refractivity (Wildman–Crippen MR) is 128 cm³/mol. The molecule has 1 atom stereocenters. The predicted octanol–water partition coefficient (Wildman–Crippen LogP) is 5.28. The summed E-state index contributed by atoms with van der Waals surface area (Å²) in [6.07, 6.45) is 5.04. The smallest absolute Gasteiger partial charge is 0.264 e. The van der Waals surface area contributed by atoms with Crippen LogP contribution in [0.5, 0.6) is 0 Å². The topological polar surface area (TPSA) is 76.5 Å². The number of thiophene rings is 1.